The van der Waals surface area contributed by atoms with Crippen LogP contribution in [0.15, 0.2) is 30.5 Å². The summed E-state index contributed by atoms with van der Waals surface area (Å²) in [7, 11) is 4.02. The molecule has 2 aromatic rings. The van der Waals surface area contributed by atoms with Gasteiger partial charge in [0.25, 0.3) is 0 Å². The summed E-state index contributed by atoms with van der Waals surface area (Å²) in [5.41, 5.74) is 3.23. The van der Waals surface area contributed by atoms with Crippen LogP contribution < -0.4 is 0 Å². The third-order valence-corrected chi connectivity index (χ3v) is 3.18. The molecule has 4 heteroatoms. The van der Waals surface area contributed by atoms with Gasteiger partial charge in [-0.3, -0.25) is 4.68 Å². The number of halogens is 1. The van der Waals surface area contributed by atoms with Crippen LogP contribution in [0.2, 0.25) is 0 Å². The Morgan fingerprint density at radius 3 is 2.58 bits per heavy atom. The van der Waals surface area contributed by atoms with Crippen molar-refractivity contribution in [2.45, 2.75) is 19.9 Å². The van der Waals surface area contributed by atoms with Crippen LogP contribution in [0.25, 0.3) is 11.3 Å². The molecule has 2 rings (SSSR count). The summed E-state index contributed by atoms with van der Waals surface area (Å²) in [6.45, 7) is 4.08. The van der Waals surface area contributed by atoms with Crippen molar-refractivity contribution >= 4 is 0 Å². The van der Waals surface area contributed by atoms with Crippen molar-refractivity contribution in [1.29, 1.82) is 0 Å². The molecule has 0 bridgehead atoms. The van der Waals surface area contributed by atoms with E-state index in [-0.39, 0.29) is 5.82 Å². The Balaban J connectivity index is 2.29. The van der Waals surface area contributed by atoms with E-state index >= 15 is 0 Å². The van der Waals surface area contributed by atoms with Gasteiger partial charge in [-0.1, -0.05) is 6.92 Å². The average molecular weight is 261 g/mol. The fraction of sp³-hybridized carbons (Fsp3) is 0.400. The van der Waals surface area contributed by atoms with Gasteiger partial charge in [0.2, 0.25) is 0 Å². The minimum Gasteiger partial charge on any atom is -0.302 e. The van der Waals surface area contributed by atoms with Gasteiger partial charge in [0.1, 0.15) is 5.82 Å². The molecule has 0 aliphatic heterocycles. The second-order valence-corrected chi connectivity index (χ2v) is 4.89. The lowest BCUT2D eigenvalue weighted by molar-refractivity contribution is 0.328. The Morgan fingerprint density at radius 1 is 1.26 bits per heavy atom. The molecule has 19 heavy (non-hydrogen) atoms. The molecule has 0 aliphatic carbocycles. The van der Waals surface area contributed by atoms with Crippen LogP contribution in [0.5, 0.6) is 0 Å². The van der Waals surface area contributed by atoms with Crippen molar-refractivity contribution in [3.63, 3.8) is 0 Å². The maximum absolute atomic E-state index is 13.0. The standard InChI is InChI=1S/C15H20FN3/c1-4-9-18(2)11-13-10-17-19(3)15(13)12-5-7-14(16)8-6-12/h5-8,10H,4,9,11H2,1-3H3. The van der Waals surface area contributed by atoms with Gasteiger partial charge in [0.05, 0.1) is 11.9 Å². The molecule has 0 aliphatic rings. The lowest BCUT2D eigenvalue weighted by Gasteiger charge is -2.16. The van der Waals surface area contributed by atoms with E-state index < -0.39 is 0 Å². The third-order valence-electron chi connectivity index (χ3n) is 3.18. The quantitative estimate of drug-likeness (QED) is 0.824. The zero-order valence-corrected chi connectivity index (χ0v) is 11.7. The SMILES string of the molecule is CCCN(C)Cc1cnn(C)c1-c1ccc(F)cc1. The molecule has 1 heterocycles. The Kier molecular flexibility index (Phi) is 4.32. The van der Waals surface area contributed by atoms with Crippen LogP contribution in [0, 0.1) is 5.82 Å². The maximum Gasteiger partial charge on any atom is 0.123 e. The first kappa shape index (κ1) is 13.7. The van der Waals surface area contributed by atoms with E-state index in [2.05, 4.69) is 24.0 Å². The summed E-state index contributed by atoms with van der Waals surface area (Å²) >= 11 is 0. The molecule has 0 spiro atoms. The van der Waals surface area contributed by atoms with Crippen molar-refractivity contribution in [2.75, 3.05) is 13.6 Å². The van der Waals surface area contributed by atoms with Crippen LogP contribution in [-0.4, -0.2) is 28.3 Å². The molecule has 0 amide bonds. The summed E-state index contributed by atoms with van der Waals surface area (Å²) < 4.78 is 14.9. The molecule has 3 nitrogen and oxygen atoms in total. The van der Waals surface area contributed by atoms with Crippen molar-refractivity contribution < 1.29 is 4.39 Å². The van der Waals surface area contributed by atoms with Gasteiger partial charge in [0, 0.05) is 24.7 Å². The summed E-state index contributed by atoms with van der Waals surface area (Å²) in [6.07, 6.45) is 3.02. The topological polar surface area (TPSA) is 21.1 Å². The van der Waals surface area contributed by atoms with Crippen LogP contribution in [-0.2, 0) is 13.6 Å². The Labute approximate surface area is 113 Å². The highest BCUT2D eigenvalue weighted by Crippen LogP contribution is 2.24. The minimum absolute atomic E-state index is 0.212. The monoisotopic (exact) mass is 261 g/mol. The molecule has 0 N–H and O–H groups in total. The van der Waals surface area contributed by atoms with Crippen molar-refractivity contribution in [2.24, 2.45) is 7.05 Å². The molecule has 1 aromatic heterocycles. The van der Waals surface area contributed by atoms with Gasteiger partial charge in [0.15, 0.2) is 0 Å². The fourth-order valence-corrected chi connectivity index (χ4v) is 2.33. The summed E-state index contributed by atoms with van der Waals surface area (Å²) in [4.78, 5) is 2.27. The molecule has 0 unspecified atom stereocenters. The molecule has 0 atom stereocenters. The van der Waals surface area contributed by atoms with Gasteiger partial charge in [-0.05, 0) is 44.3 Å². The first-order chi connectivity index (χ1) is 9.11. The number of aromatic nitrogens is 2. The number of nitrogens with zero attached hydrogens (tertiary/aromatic N) is 3. The second kappa shape index (κ2) is 5.97. The zero-order valence-electron chi connectivity index (χ0n) is 11.7. The lowest BCUT2D eigenvalue weighted by atomic mass is 10.1. The smallest absolute Gasteiger partial charge is 0.123 e. The van der Waals surface area contributed by atoms with Crippen molar-refractivity contribution in [1.82, 2.24) is 14.7 Å². The van der Waals surface area contributed by atoms with Crippen LogP contribution >= 0.6 is 0 Å². The summed E-state index contributed by atoms with van der Waals surface area (Å²) in [5, 5.41) is 4.32. The molecule has 1 aromatic carbocycles. The van der Waals surface area contributed by atoms with Gasteiger partial charge in [-0.2, -0.15) is 5.10 Å². The fourth-order valence-electron chi connectivity index (χ4n) is 2.33. The Morgan fingerprint density at radius 2 is 1.95 bits per heavy atom. The van der Waals surface area contributed by atoms with E-state index in [0.717, 1.165) is 30.8 Å². The third kappa shape index (κ3) is 3.20. The molecule has 0 fully saturated rings. The summed E-state index contributed by atoms with van der Waals surface area (Å²) in [6, 6.07) is 6.58. The molecule has 0 saturated heterocycles. The van der Waals surface area contributed by atoms with Crippen molar-refractivity contribution in [3.8, 4) is 11.3 Å². The van der Waals surface area contributed by atoms with Crippen LogP contribution in [0.4, 0.5) is 4.39 Å². The summed E-state index contributed by atoms with van der Waals surface area (Å²) in [5.74, 6) is -0.212. The van der Waals surface area contributed by atoms with E-state index in [9.17, 15) is 4.39 Å². The first-order valence-electron chi connectivity index (χ1n) is 6.57. The number of hydrogen-bond acceptors (Lipinski definition) is 2. The number of benzene rings is 1. The molecule has 0 saturated carbocycles. The Hall–Kier alpha value is -1.68. The highest BCUT2D eigenvalue weighted by atomic mass is 19.1. The average Bonchev–Trinajstić information content (AvgIpc) is 2.72. The number of rotatable bonds is 5. The highest BCUT2D eigenvalue weighted by Gasteiger charge is 2.12. The first-order valence-corrected chi connectivity index (χ1v) is 6.57. The number of hydrogen-bond donors (Lipinski definition) is 0. The lowest BCUT2D eigenvalue weighted by Crippen LogP contribution is -2.18. The maximum atomic E-state index is 13.0. The predicted molar refractivity (Wildman–Crippen MR) is 75.2 cm³/mol. The van der Waals surface area contributed by atoms with Gasteiger partial charge >= 0.3 is 0 Å². The number of aryl methyl sites for hydroxylation is 1. The van der Waals surface area contributed by atoms with Gasteiger partial charge in [-0.25, -0.2) is 4.39 Å². The van der Waals surface area contributed by atoms with E-state index in [1.165, 1.54) is 17.7 Å². The van der Waals surface area contributed by atoms with E-state index in [4.69, 9.17) is 0 Å². The zero-order chi connectivity index (χ0) is 13.8. The largest absolute Gasteiger partial charge is 0.302 e. The molecular formula is C15H20FN3. The minimum atomic E-state index is -0.212. The second-order valence-electron chi connectivity index (χ2n) is 4.89. The normalized spacial score (nSPS) is 11.2. The van der Waals surface area contributed by atoms with Gasteiger partial charge < -0.3 is 4.90 Å². The molecule has 102 valence electrons. The highest BCUT2D eigenvalue weighted by molar-refractivity contribution is 5.63. The Bertz CT molecular complexity index is 531. The predicted octanol–water partition coefficient (Wildman–Crippen LogP) is 3.07. The van der Waals surface area contributed by atoms with Crippen LogP contribution in [0.3, 0.4) is 0 Å². The van der Waals surface area contributed by atoms with E-state index in [1.54, 1.807) is 12.1 Å². The van der Waals surface area contributed by atoms with Crippen molar-refractivity contribution in [3.05, 3.63) is 41.8 Å². The molecular weight excluding hydrogens is 241 g/mol. The molecule has 0 radical (unpaired) electrons. The van der Waals surface area contributed by atoms with Gasteiger partial charge in [-0.15, -0.1) is 0 Å². The van der Waals surface area contributed by atoms with Crippen LogP contribution in [0.1, 0.15) is 18.9 Å². The van der Waals surface area contributed by atoms with E-state index in [1.807, 2.05) is 17.9 Å². The van der Waals surface area contributed by atoms with E-state index in [0.29, 0.717) is 0 Å².